The number of piperazine rings is 1. The van der Waals surface area contributed by atoms with Crippen LogP contribution in [0.1, 0.15) is 26.7 Å². The van der Waals surface area contributed by atoms with Gasteiger partial charge in [-0.2, -0.15) is 4.31 Å². The lowest BCUT2D eigenvalue weighted by molar-refractivity contribution is -0.176. The highest BCUT2D eigenvalue weighted by Gasteiger charge is 2.65. The van der Waals surface area contributed by atoms with Crippen molar-refractivity contribution in [1.82, 2.24) is 24.0 Å². The van der Waals surface area contributed by atoms with Crippen molar-refractivity contribution in [3.05, 3.63) is 29.3 Å². The van der Waals surface area contributed by atoms with Gasteiger partial charge in [0, 0.05) is 55.1 Å². The number of nitrogens with one attached hydrogen (secondary N) is 1. The summed E-state index contributed by atoms with van der Waals surface area (Å²) in [6, 6.07) is 6.56. The first-order valence-corrected chi connectivity index (χ1v) is 14.1. The van der Waals surface area contributed by atoms with Gasteiger partial charge in [0.25, 0.3) is 10.0 Å². The van der Waals surface area contributed by atoms with Gasteiger partial charge in [0.05, 0.1) is 19.7 Å². The Morgan fingerprint density at radius 1 is 1.24 bits per heavy atom. The fraction of sp³-hybridized carbons (Fsp3) is 0.583. The van der Waals surface area contributed by atoms with Crippen molar-refractivity contribution in [1.29, 1.82) is 0 Å². The van der Waals surface area contributed by atoms with E-state index in [1.165, 1.54) is 20.1 Å². The van der Waals surface area contributed by atoms with Gasteiger partial charge in [-0.25, -0.2) is 13.3 Å². The number of ether oxygens (including phenoxy) is 1. The number of benzene rings is 1. The summed E-state index contributed by atoms with van der Waals surface area (Å²) in [4.78, 5) is 33.8. The Morgan fingerprint density at radius 3 is 2.57 bits per heavy atom. The van der Waals surface area contributed by atoms with Gasteiger partial charge in [-0.15, -0.1) is 0 Å². The van der Waals surface area contributed by atoms with Crippen LogP contribution < -0.4 is 0 Å². The van der Waals surface area contributed by atoms with Gasteiger partial charge < -0.3 is 24.6 Å². The molecule has 3 fully saturated rings. The van der Waals surface area contributed by atoms with Crippen LogP contribution in [0.4, 0.5) is 0 Å². The monoisotopic (exact) mass is 553 g/mol. The second-order valence-electron chi connectivity index (χ2n) is 10.3. The van der Waals surface area contributed by atoms with Crippen molar-refractivity contribution in [3.8, 4) is 0 Å². The number of likely N-dealkylation sites (tertiary alicyclic amines) is 1. The number of methoxy groups -OCH3 is 1. The van der Waals surface area contributed by atoms with E-state index in [0.29, 0.717) is 48.4 Å². The number of amides is 2. The number of nitrogens with zero attached hydrogens (tertiary/aromatic N) is 4. The smallest absolute Gasteiger partial charge is 0.259 e. The van der Waals surface area contributed by atoms with Gasteiger partial charge in [0.15, 0.2) is 0 Å². The molecule has 1 spiro atoms. The summed E-state index contributed by atoms with van der Waals surface area (Å²) in [5.74, 6) is -0.378. The van der Waals surface area contributed by atoms with E-state index in [9.17, 15) is 23.1 Å². The third kappa shape index (κ3) is 4.14. The number of hydrogen-bond donors (Lipinski definition) is 2. The summed E-state index contributed by atoms with van der Waals surface area (Å²) in [5.41, 5.74) is -1.22. The molecular weight excluding hydrogens is 522 g/mol. The number of carbonyl (C=O) groups is 2. The highest BCUT2D eigenvalue weighted by molar-refractivity contribution is 7.89. The summed E-state index contributed by atoms with van der Waals surface area (Å²) in [6.45, 7) is 4.06. The molecule has 0 aliphatic carbocycles. The fourth-order valence-electron chi connectivity index (χ4n) is 6.48. The second-order valence-corrected chi connectivity index (χ2v) is 12.6. The van der Waals surface area contributed by atoms with Crippen LogP contribution in [0.5, 0.6) is 0 Å². The van der Waals surface area contributed by atoms with Crippen LogP contribution in [0.15, 0.2) is 29.3 Å². The molecule has 2 unspecified atom stereocenters. The zero-order valence-electron chi connectivity index (χ0n) is 21.1. The number of rotatable bonds is 5. The predicted octanol–water partition coefficient (Wildman–Crippen LogP) is 1.03. The summed E-state index contributed by atoms with van der Waals surface area (Å²) >= 11 is 6.08. The number of sulfonamides is 1. The molecule has 5 rings (SSSR count). The molecular formula is C24H32ClN5O6S. The molecule has 3 aliphatic rings. The number of H-pyrrole nitrogens is 1. The normalized spacial score (nSPS) is 25.7. The van der Waals surface area contributed by atoms with E-state index in [1.807, 2.05) is 4.90 Å². The van der Waals surface area contributed by atoms with Crippen LogP contribution in [-0.2, 0) is 24.3 Å². The summed E-state index contributed by atoms with van der Waals surface area (Å²) < 4.78 is 34.4. The van der Waals surface area contributed by atoms with E-state index in [-0.39, 0.29) is 36.5 Å². The molecule has 37 heavy (non-hydrogen) atoms. The minimum atomic E-state index is -4.11. The van der Waals surface area contributed by atoms with Crippen LogP contribution in [0.3, 0.4) is 0 Å². The maximum atomic E-state index is 13.8. The third-order valence-corrected chi connectivity index (χ3v) is 9.97. The van der Waals surface area contributed by atoms with Crippen LogP contribution >= 0.6 is 11.6 Å². The molecule has 0 saturated carbocycles. The van der Waals surface area contributed by atoms with Crippen LogP contribution in [-0.4, -0.2) is 113 Å². The minimum absolute atomic E-state index is 0.0101. The van der Waals surface area contributed by atoms with E-state index in [4.69, 9.17) is 16.3 Å². The first-order valence-electron chi connectivity index (χ1n) is 12.2. The van der Waals surface area contributed by atoms with Crippen molar-refractivity contribution >= 4 is 44.3 Å². The Hall–Kier alpha value is -2.22. The number of aliphatic hydroxyl groups is 1. The van der Waals surface area contributed by atoms with Crippen LogP contribution in [0.25, 0.3) is 10.9 Å². The Labute approximate surface area is 220 Å². The molecule has 3 saturated heterocycles. The standard InChI is InChI=1S/C24H32ClN5O6S/c1-16(31)27-8-6-23(7-9-27)13-29-22(33)12-28(14-24(29,15-36-3)30(23)17(2)32)37(34,35)21-11-18-10-19(25)4-5-20(18)26-21/h4-5,10-11,17,26,32H,6-9,12-15H2,1-3H3. The average Bonchev–Trinajstić information content (AvgIpc) is 3.37. The quantitative estimate of drug-likeness (QED) is 0.566. The number of aromatic nitrogens is 1. The molecule has 13 heteroatoms. The number of fused-ring (bicyclic) bond motifs is 2. The zero-order chi connectivity index (χ0) is 26.8. The fourth-order valence-corrected chi connectivity index (χ4v) is 8.11. The van der Waals surface area contributed by atoms with Gasteiger partial charge in [0.2, 0.25) is 11.8 Å². The van der Waals surface area contributed by atoms with Gasteiger partial charge in [-0.05, 0) is 44.0 Å². The lowest BCUT2D eigenvalue weighted by atomic mass is 9.85. The second kappa shape index (κ2) is 9.21. The van der Waals surface area contributed by atoms with Crippen molar-refractivity contribution in [2.24, 2.45) is 0 Å². The maximum Gasteiger partial charge on any atom is 0.259 e. The Balaban J connectivity index is 1.54. The lowest BCUT2D eigenvalue weighted by Crippen LogP contribution is -2.72. The highest BCUT2D eigenvalue weighted by atomic mass is 35.5. The molecule has 1 aromatic carbocycles. The first-order chi connectivity index (χ1) is 17.4. The molecule has 0 radical (unpaired) electrons. The minimum Gasteiger partial charge on any atom is -0.381 e. The topological polar surface area (TPSA) is 126 Å². The molecule has 2 aromatic rings. The summed E-state index contributed by atoms with van der Waals surface area (Å²) in [6.07, 6.45) is 0.0968. The molecule has 2 atom stereocenters. The van der Waals surface area contributed by atoms with Crippen molar-refractivity contribution < 1.29 is 27.9 Å². The highest BCUT2D eigenvalue weighted by Crippen LogP contribution is 2.47. The van der Waals surface area contributed by atoms with E-state index in [1.54, 1.807) is 34.9 Å². The SMILES string of the molecule is COCC12CN(S(=O)(=O)c3cc4cc(Cl)ccc4[nH]3)CC(=O)N1CC1(CCN(C(C)=O)CC1)N2C(C)O. The summed E-state index contributed by atoms with van der Waals surface area (Å²) in [7, 11) is -2.61. The zero-order valence-corrected chi connectivity index (χ0v) is 22.7. The number of halogens is 1. The number of aliphatic hydroxyl groups excluding tert-OH is 1. The summed E-state index contributed by atoms with van der Waals surface area (Å²) in [5, 5.41) is 12.1. The Morgan fingerprint density at radius 2 is 1.95 bits per heavy atom. The first kappa shape index (κ1) is 26.4. The van der Waals surface area contributed by atoms with E-state index in [0.717, 1.165) is 4.31 Å². The van der Waals surface area contributed by atoms with E-state index < -0.39 is 27.5 Å². The average molecular weight is 554 g/mol. The van der Waals surface area contributed by atoms with E-state index in [2.05, 4.69) is 4.98 Å². The van der Waals surface area contributed by atoms with E-state index >= 15 is 0 Å². The van der Waals surface area contributed by atoms with Gasteiger partial charge in [0.1, 0.15) is 16.9 Å². The Kier molecular flexibility index (Phi) is 6.57. The van der Waals surface area contributed by atoms with Crippen LogP contribution in [0, 0.1) is 0 Å². The van der Waals surface area contributed by atoms with Crippen molar-refractivity contribution in [3.63, 3.8) is 0 Å². The predicted molar refractivity (Wildman–Crippen MR) is 136 cm³/mol. The number of aromatic amines is 1. The molecule has 11 nitrogen and oxygen atoms in total. The van der Waals surface area contributed by atoms with Gasteiger partial charge in [-0.1, -0.05) is 11.6 Å². The molecule has 202 valence electrons. The van der Waals surface area contributed by atoms with Crippen LogP contribution in [0.2, 0.25) is 5.02 Å². The molecule has 1 aromatic heterocycles. The van der Waals surface area contributed by atoms with Gasteiger partial charge >= 0.3 is 0 Å². The molecule has 2 N–H and O–H groups in total. The Bertz CT molecular complexity index is 1340. The third-order valence-electron chi connectivity index (χ3n) is 8.02. The molecule has 0 bridgehead atoms. The number of hydrogen-bond acceptors (Lipinski definition) is 7. The molecule has 2 amide bonds. The maximum absolute atomic E-state index is 13.8. The van der Waals surface area contributed by atoms with Crippen molar-refractivity contribution in [2.75, 3.05) is 46.4 Å². The largest absolute Gasteiger partial charge is 0.381 e. The molecule has 3 aliphatic heterocycles. The van der Waals surface area contributed by atoms with Crippen molar-refractivity contribution in [2.45, 2.75) is 49.1 Å². The lowest BCUT2D eigenvalue weighted by Gasteiger charge is -2.53. The molecule has 4 heterocycles. The number of carbonyl (C=O) groups excluding carboxylic acids is 2. The number of piperidine rings is 1. The van der Waals surface area contributed by atoms with Gasteiger partial charge in [-0.3, -0.25) is 9.59 Å².